The third-order valence-corrected chi connectivity index (χ3v) is 5.20. The van der Waals surface area contributed by atoms with Crippen LogP contribution in [0.3, 0.4) is 0 Å². The molecule has 0 heterocycles. The van der Waals surface area contributed by atoms with Crippen LogP contribution >= 0.6 is 15.9 Å². The summed E-state index contributed by atoms with van der Waals surface area (Å²) in [6, 6.07) is 13.8. The highest BCUT2D eigenvalue weighted by Gasteiger charge is 2.18. The molecule has 0 radical (unpaired) electrons. The van der Waals surface area contributed by atoms with Crippen molar-refractivity contribution in [2.75, 3.05) is 0 Å². The van der Waals surface area contributed by atoms with Gasteiger partial charge in [0.2, 0.25) is 10.0 Å². The Balaban J connectivity index is 2.20. The largest absolute Gasteiger partial charge is 0.326 e. The van der Waals surface area contributed by atoms with Crippen molar-refractivity contribution in [3.63, 3.8) is 0 Å². The van der Waals surface area contributed by atoms with Gasteiger partial charge >= 0.3 is 0 Å². The fraction of sp³-hybridized carbons (Fsp3) is 0.200. The van der Waals surface area contributed by atoms with Crippen LogP contribution in [0, 0.1) is 0 Å². The van der Waals surface area contributed by atoms with Crippen LogP contribution in [0.4, 0.5) is 0 Å². The Hall–Kier alpha value is -1.21. The van der Waals surface area contributed by atoms with E-state index >= 15 is 0 Å². The van der Waals surface area contributed by atoms with Gasteiger partial charge in [0.15, 0.2) is 0 Å². The van der Waals surface area contributed by atoms with Gasteiger partial charge in [0.05, 0.1) is 4.90 Å². The lowest BCUT2D eigenvalue weighted by Gasteiger charge is -2.15. The second-order valence-electron chi connectivity index (χ2n) is 4.75. The number of benzene rings is 2. The summed E-state index contributed by atoms with van der Waals surface area (Å²) >= 11 is 3.38. The molecule has 0 saturated carbocycles. The van der Waals surface area contributed by atoms with Gasteiger partial charge in [-0.15, -0.1) is 0 Å². The predicted molar refractivity (Wildman–Crippen MR) is 87.2 cm³/mol. The fourth-order valence-electron chi connectivity index (χ4n) is 1.95. The molecule has 1 unspecified atom stereocenters. The van der Waals surface area contributed by atoms with Gasteiger partial charge in [0, 0.05) is 17.1 Å². The van der Waals surface area contributed by atoms with E-state index in [4.69, 9.17) is 5.73 Å². The van der Waals surface area contributed by atoms with Crippen molar-refractivity contribution in [1.82, 2.24) is 4.72 Å². The normalized spacial score (nSPS) is 13.1. The van der Waals surface area contributed by atoms with E-state index in [9.17, 15) is 8.42 Å². The molecule has 0 aliphatic rings. The van der Waals surface area contributed by atoms with Crippen LogP contribution in [0.2, 0.25) is 0 Å². The smallest absolute Gasteiger partial charge is 0.241 e. The first-order valence-corrected chi connectivity index (χ1v) is 8.77. The Labute approximate surface area is 133 Å². The minimum Gasteiger partial charge on any atom is -0.326 e. The van der Waals surface area contributed by atoms with Gasteiger partial charge in [-0.3, -0.25) is 0 Å². The van der Waals surface area contributed by atoms with Crippen LogP contribution in [-0.4, -0.2) is 8.42 Å². The molecule has 0 bridgehead atoms. The van der Waals surface area contributed by atoms with Crippen molar-refractivity contribution >= 4 is 26.0 Å². The number of rotatable bonds is 5. The number of hydrogen-bond donors (Lipinski definition) is 2. The van der Waals surface area contributed by atoms with E-state index in [2.05, 4.69) is 20.7 Å². The molecule has 2 aromatic carbocycles. The number of halogens is 1. The Morgan fingerprint density at radius 3 is 2.43 bits per heavy atom. The molecule has 0 aromatic heterocycles. The first-order chi connectivity index (χ1) is 9.92. The molecule has 0 amide bonds. The third-order valence-electron chi connectivity index (χ3n) is 3.15. The quantitative estimate of drug-likeness (QED) is 0.851. The summed E-state index contributed by atoms with van der Waals surface area (Å²) in [4.78, 5) is 0.238. The van der Waals surface area contributed by atoms with Crippen molar-refractivity contribution in [3.05, 3.63) is 64.1 Å². The molecule has 0 saturated heterocycles. The molecule has 2 rings (SSSR count). The number of nitrogens with two attached hydrogens (primary N) is 1. The van der Waals surface area contributed by atoms with Crippen molar-refractivity contribution in [2.45, 2.75) is 24.4 Å². The summed E-state index contributed by atoms with van der Waals surface area (Å²) in [5.74, 6) is 0. The molecule has 0 aliphatic heterocycles. The van der Waals surface area contributed by atoms with Gasteiger partial charge in [0.25, 0.3) is 0 Å². The first-order valence-electron chi connectivity index (χ1n) is 6.49. The van der Waals surface area contributed by atoms with E-state index in [1.165, 1.54) is 0 Å². The van der Waals surface area contributed by atoms with Gasteiger partial charge < -0.3 is 5.73 Å². The average Bonchev–Trinajstić information content (AvgIpc) is 2.47. The minimum absolute atomic E-state index is 0.238. The molecule has 21 heavy (non-hydrogen) atoms. The molecule has 3 N–H and O–H groups in total. The zero-order valence-corrected chi connectivity index (χ0v) is 14.0. The molecule has 2 aromatic rings. The Bertz CT molecular complexity index is 715. The lowest BCUT2D eigenvalue weighted by Crippen LogP contribution is -2.26. The van der Waals surface area contributed by atoms with Crippen LogP contribution in [-0.2, 0) is 16.6 Å². The maximum Gasteiger partial charge on any atom is 0.241 e. The number of sulfonamides is 1. The predicted octanol–water partition coefficient (Wildman–Crippen LogP) is 2.95. The lowest BCUT2D eigenvalue weighted by molar-refractivity contribution is 0.567. The highest BCUT2D eigenvalue weighted by Crippen LogP contribution is 2.20. The van der Waals surface area contributed by atoms with Gasteiger partial charge in [-0.1, -0.05) is 40.2 Å². The summed E-state index contributed by atoms with van der Waals surface area (Å²) in [7, 11) is -3.55. The molecule has 0 spiro atoms. The topological polar surface area (TPSA) is 72.2 Å². The fourth-order valence-corrected chi connectivity index (χ4v) is 3.60. The molecule has 0 fully saturated rings. The van der Waals surface area contributed by atoms with Crippen LogP contribution in [0.15, 0.2) is 57.9 Å². The first kappa shape index (κ1) is 16.2. The minimum atomic E-state index is -3.55. The summed E-state index contributed by atoms with van der Waals surface area (Å²) in [5, 5.41) is 0. The van der Waals surface area contributed by atoms with E-state index in [0.29, 0.717) is 6.54 Å². The summed E-state index contributed by atoms with van der Waals surface area (Å²) < 4.78 is 28.3. The van der Waals surface area contributed by atoms with Crippen LogP contribution in [0.1, 0.15) is 24.1 Å². The number of nitrogens with one attached hydrogen (secondary N) is 1. The van der Waals surface area contributed by atoms with E-state index in [-0.39, 0.29) is 10.9 Å². The van der Waals surface area contributed by atoms with E-state index in [1.807, 2.05) is 31.2 Å². The van der Waals surface area contributed by atoms with Crippen molar-refractivity contribution in [3.8, 4) is 0 Å². The zero-order valence-electron chi connectivity index (χ0n) is 11.6. The molecule has 112 valence electrons. The maximum absolute atomic E-state index is 12.3. The van der Waals surface area contributed by atoms with Gasteiger partial charge in [0.1, 0.15) is 0 Å². The highest BCUT2D eigenvalue weighted by atomic mass is 79.9. The van der Waals surface area contributed by atoms with E-state index in [1.54, 1.807) is 24.3 Å². The SMILES string of the molecule is CC(NS(=O)(=O)c1ccc(CN)cc1)c1cccc(Br)c1. The summed E-state index contributed by atoms with van der Waals surface area (Å²) in [6.07, 6.45) is 0. The van der Waals surface area contributed by atoms with Gasteiger partial charge in [-0.05, 0) is 42.3 Å². The summed E-state index contributed by atoms with van der Waals surface area (Å²) in [5.41, 5.74) is 7.30. The summed E-state index contributed by atoms with van der Waals surface area (Å²) in [6.45, 7) is 2.20. The highest BCUT2D eigenvalue weighted by molar-refractivity contribution is 9.10. The van der Waals surface area contributed by atoms with Crippen molar-refractivity contribution in [1.29, 1.82) is 0 Å². The zero-order chi connectivity index (χ0) is 15.5. The van der Waals surface area contributed by atoms with Crippen LogP contribution in [0.25, 0.3) is 0 Å². The monoisotopic (exact) mass is 368 g/mol. The lowest BCUT2D eigenvalue weighted by atomic mass is 10.1. The molecule has 0 aliphatic carbocycles. The maximum atomic E-state index is 12.3. The molecule has 4 nitrogen and oxygen atoms in total. The Morgan fingerprint density at radius 1 is 1.19 bits per heavy atom. The average molecular weight is 369 g/mol. The molecule has 1 atom stereocenters. The Morgan fingerprint density at radius 2 is 1.86 bits per heavy atom. The van der Waals surface area contributed by atoms with E-state index in [0.717, 1.165) is 15.6 Å². The van der Waals surface area contributed by atoms with Crippen molar-refractivity contribution < 1.29 is 8.42 Å². The van der Waals surface area contributed by atoms with Crippen molar-refractivity contribution in [2.24, 2.45) is 5.73 Å². The molecular formula is C15H17BrN2O2S. The van der Waals surface area contributed by atoms with Crippen LogP contribution < -0.4 is 10.5 Å². The third kappa shape index (κ3) is 4.14. The second kappa shape index (κ2) is 6.70. The van der Waals surface area contributed by atoms with Crippen LogP contribution in [0.5, 0.6) is 0 Å². The number of hydrogen-bond acceptors (Lipinski definition) is 3. The molecule has 6 heteroatoms. The van der Waals surface area contributed by atoms with Gasteiger partial charge in [-0.2, -0.15) is 0 Å². The molecular weight excluding hydrogens is 352 g/mol. The van der Waals surface area contributed by atoms with E-state index < -0.39 is 10.0 Å². The second-order valence-corrected chi connectivity index (χ2v) is 7.38. The Kier molecular flexibility index (Phi) is 5.16. The van der Waals surface area contributed by atoms with Gasteiger partial charge in [-0.25, -0.2) is 13.1 Å². The standard InChI is InChI=1S/C15H17BrN2O2S/c1-11(13-3-2-4-14(16)9-13)18-21(19,20)15-7-5-12(10-17)6-8-15/h2-9,11,18H,10,17H2,1H3.